The highest BCUT2D eigenvalue weighted by Crippen LogP contribution is 2.64. The highest BCUT2D eigenvalue weighted by molar-refractivity contribution is 6.58. The van der Waals surface area contributed by atoms with Gasteiger partial charge in [-0.2, -0.15) is 0 Å². The molecule has 0 spiro atoms. The molecule has 2 aromatic carbocycles. The fraction of sp³-hybridized carbons (Fsp3) is 0.308. The number of ether oxygens (including phenoxy) is 1. The van der Waals surface area contributed by atoms with Crippen LogP contribution >= 0.6 is 34.8 Å². The van der Waals surface area contributed by atoms with Crippen LogP contribution in [0.2, 0.25) is 5.02 Å². The maximum Gasteiger partial charge on any atom is 0.347 e. The minimum atomic E-state index is -2.76. The summed E-state index contributed by atoms with van der Waals surface area (Å²) in [6.07, 6.45) is 0.673. The number of aromatic hydroxyl groups is 1. The molecule has 1 saturated carbocycles. The molecule has 1 saturated heterocycles. The van der Waals surface area contributed by atoms with Crippen LogP contribution in [0.15, 0.2) is 33.4 Å². The first kappa shape index (κ1) is 30.2. The van der Waals surface area contributed by atoms with Crippen molar-refractivity contribution in [1.29, 1.82) is 0 Å². The number of carbonyl (C=O) groups excluding carboxylic acids is 2. The van der Waals surface area contributed by atoms with Gasteiger partial charge >= 0.3 is 11.4 Å². The Labute approximate surface area is 257 Å². The second-order valence-corrected chi connectivity index (χ2v) is 12.0. The molecule has 18 heteroatoms. The summed E-state index contributed by atoms with van der Waals surface area (Å²) in [5.41, 5.74) is -3.45. The van der Waals surface area contributed by atoms with E-state index in [4.69, 9.17) is 39.5 Å². The Hall–Kier alpha value is -3.82. The van der Waals surface area contributed by atoms with Crippen molar-refractivity contribution < 1.29 is 41.4 Å². The number of phenolic OH excluding ortho intramolecular Hbond substituents is 1. The number of alkyl halides is 2. The number of imide groups is 1. The zero-order valence-corrected chi connectivity index (χ0v) is 24.4. The SMILES string of the molecule is COc1cc([C@H]2C3=CCn4c(=O)n(C)c(=O)n4[C@@H]3C[C@@]3(Cl)C(=O)N(c4c(F)c(F)c(F)c(F)c4F)C(=O)[C@@]23Cl)cc(Cl)c1O. The van der Waals surface area contributed by atoms with E-state index in [0.29, 0.717) is 0 Å². The van der Waals surface area contributed by atoms with Crippen molar-refractivity contribution in [2.24, 2.45) is 7.05 Å². The van der Waals surface area contributed by atoms with Gasteiger partial charge < -0.3 is 9.84 Å². The Bertz CT molecular complexity index is 1980. The molecular formula is C26H16Cl3F5N4O6. The van der Waals surface area contributed by atoms with Crippen molar-refractivity contribution in [3.05, 3.63) is 84.4 Å². The Morgan fingerprint density at radius 1 is 0.932 bits per heavy atom. The minimum absolute atomic E-state index is 0.0548. The van der Waals surface area contributed by atoms with Gasteiger partial charge in [-0.05, 0) is 23.3 Å². The summed E-state index contributed by atoms with van der Waals surface area (Å²) in [7, 11) is 2.35. The minimum Gasteiger partial charge on any atom is -0.503 e. The molecule has 10 nitrogen and oxygen atoms in total. The van der Waals surface area contributed by atoms with Crippen LogP contribution in [0.1, 0.15) is 23.9 Å². The van der Waals surface area contributed by atoms with Crippen LogP contribution in [0, 0.1) is 29.1 Å². The second kappa shape index (κ2) is 9.59. The summed E-state index contributed by atoms with van der Waals surface area (Å²) in [6.45, 7) is -0.244. The van der Waals surface area contributed by atoms with Gasteiger partial charge in [0.05, 0.1) is 24.7 Å². The summed E-state index contributed by atoms with van der Waals surface area (Å²) >= 11 is 20.1. The Morgan fingerprint density at radius 2 is 1.52 bits per heavy atom. The molecule has 1 N–H and O–H groups in total. The molecular weight excluding hydrogens is 666 g/mol. The lowest BCUT2D eigenvalue weighted by Crippen LogP contribution is -2.59. The average Bonchev–Trinajstić information content (AvgIpc) is 3.30. The molecule has 3 heterocycles. The number of aromatic nitrogens is 3. The molecule has 6 rings (SSSR count). The molecule has 4 atom stereocenters. The van der Waals surface area contributed by atoms with E-state index in [1.807, 2.05) is 0 Å². The van der Waals surface area contributed by atoms with E-state index in [0.717, 1.165) is 20.0 Å². The topological polar surface area (TPSA) is 116 Å². The zero-order valence-electron chi connectivity index (χ0n) is 22.1. The first-order valence-corrected chi connectivity index (χ1v) is 13.6. The third-order valence-corrected chi connectivity index (χ3v) is 9.99. The molecule has 3 aliphatic rings. The normalized spacial score (nSPS) is 26.0. The third kappa shape index (κ3) is 3.48. The van der Waals surface area contributed by atoms with E-state index < -0.39 is 91.8 Å². The number of amides is 2. The number of nitrogens with zero attached hydrogens (tertiary/aromatic N) is 4. The number of halogens is 8. The maximum absolute atomic E-state index is 15.0. The lowest BCUT2D eigenvalue weighted by atomic mass is 9.64. The third-order valence-electron chi connectivity index (χ3n) is 8.28. The van der Waals surface area contributed by atoms with Gasteiger partial charge in [-0.3, -0.25) is 9.59 Å². The molecule has 1 aliphatic carbocycles. The Kier molecular flexibility index (Phi) is 6.58. The van der Waals surface area contributed by atoms with Gasteiger partial charge in [0.25, 0.3) is 11.8 Å². The number of carbonyl (C=O) groups is 2. The number of methoxy groups -OCH3 is 1. The molecule has 2 fully saturated rings. The van der Waals surface area contributed by atoms with E-state index >= 15 is 8.78 Å². The average molecular weight is 682 g/mol. The maximum atomic E-state index is 15.0. The van der Waals surface area contributed by atoms with Crippen molar-refractivity contribution in [3.8, 4) is 11.5 Å². The van der Waals surface area contributed by atoms with E-state index in [1.54, 1.807) is 0 Å². The summed E-state index contributed by atoms with van der Waals surface area (Å²) in [5, 5.41) is 10.0. The summed E-state index contributed by atoms with van der Waals surface area (Å²) in [6, 6.07) is 1.000. The molecule has 2 aliphatic heterocycles. The molecule has 3 aromatic rings. The zero-order chi connectivity index (χ0) is 32.4. The van der Waals surface area contributed by atoms with Gasteiger partial charge in [0, 0.05) is 19.4 Å². The van der Waals surface area contributed by atoms with E-state index in [1.165, 1.54) is 26.3 Å². The van der Waals surface area contributed by atoms with Crippen LogP contribution in [0.4, 0.5) is 27.6 Å². The predicted octanol–water partition coefficient (Wildman–Crippen LogP) is 3.61. The van der Waals surface area contributed by atoms with Gasteiger partial charge in [0.15, 0.2) is 44.5 Å². The van der Waals surface area contributed by atoms with Crippen molar-refractivity contribution in [3.63, 3.8) is 0 Å². The van der Waals surface area contributed by atoms with Crippen molar-refractivity contribution >= 4 is 52.3 Å². The Balaban J connectivity index is 1.68. The van der Waals surface area contributed by atoms with Crippen molar-refractivity contribution in [2.45, 2.75) is 34.7 Å². The number of rotatable bonds is 3. The van der Waals surface area contributed by atoms with Crippen LogP contribution < -0.4 is 21.0 Å². The first-order chi connectivity index (χ1) is 20.5. The number of phenols is 1. The summed E-state index contributed by atoms with van der Waals surface area (Å²) < 4.78 is 80.3. The molecule has 0 radical (unpaired) electrons. The number of fused-ring (bicyclic) bond motifs is 4. The number of allylic oxidation sites excluding steroid dienone is 2. The van der Waals surface area contributed by atoms with E-state index in [-0.39, 0.29) is 33.4 Å². The number of hydrogen-bond acceptors (Lipinski definition) is 6. The summed E-state index contributed by atoms with van der Waals surface area (Å²) in [4.78, 5) is 48.3. The molecule has 232 valence electrons. The van der Waals surface area contributed by atoms with E-state index in [9.17, 15) is 37.5 Å². The summed E-state index contributed by atoms with van der Waals surface area (Å²) in [5.74, 6) is -18.1. The van der Waals surface area contributed by atoms with Crippen LogP contribution in [-0.4, -0.2) is 47.7 Å². The first-order valence-electron chi connectivity index (χ1n) is 12.5. The highest BCUT2D eigenvalue weighted by atomic mass is 35.5. The monoisotopic (exact) mass is 680 g/mol. The molecule has 44 heavy (non-hydrogen) atoms. The lowest BCUT2D eigenvalue weighted by Gasteiger charge is -2.49. The highest BCUT2D eigenvalue weighted by Gasteiger charge is 2.76. The standard InChI is InChI=1S/C26H16Cl3F5N4O6/c1-35-23(42)36-4-3-9-11(38(36)24(35)43)7-25(28)21(40)37(19-17(33)15(31)14(30)16(32)18(19)34)22(41)26(25,29)13(9)8-5-10(27)20(39)12(6-8)44-2/h3,5-6,11,13,39H,4,7H2,1-2H3/t11-,13+,25-,26+/m1/s1. The fourth-order valence-corrected chi connectivity index (χ4v) is 7.36. The lowest BCUT2D eigenvalue weighted by molar-refractivity contribution is -0.122. The van der Waals surface area contributed by atoms with Gasteiger partial charge in [0.2, 0.25) is 5.82 Å². The van der Waals surface area contributed by atoms with Crippen molar-refractivity contribution in [2.75, 3.05) is 12.0 Å². The van der Waals surface area contributed by atoms with Crippen LogP contribution in [0.25, 0.3) is 0 Å². The fourth-order valence-electron chi connectivity index (χ4n) is 6.23. The molecule has 1 aromatic heterocycles. The quantitative estimate of drug-likeness (QED) is 0.113. The molecule has 0 unspecified atom stereocenters. The van der Waals surface area contributed by atoms with Gasteiger partial charge in [-0.15, -0.1) is 23.2 Å². The van der Waals surface area contributed by atoms with Crippen molar-refractivity contribution in [1.82, 2.24) is 13.9 Å². The molecule has 0 bridgehead atoms. The second-order valence-electron chi connectivity index (χ2n) is 10.3. The van der Waals surface area contributed by atoms with Gasteiger partial charge in [0.1, 0.15) is 5.69 Å². The van der Waals surface area contributed by atoms with Crippen LogP contribution in [0.3, 0.4) is 0 Å². The number of anilines is 1. The van der Waals surface area contributed by atoms with E-state index in [2.05, 4.69) is 0 Å². The molecule has 2 amide bonds. The van der Waals surface area contributed by atoms with Crippen LogP contribution in [-0.2, 0) is 23.2 Å². The number of hydrogen-bond donors (Lipinski definition) is 1. The van der Waals surface area contributed by atoms with Gasteiger partial charge in [-0.25, -0.2) is 50.4 Å². The largest absolute Gasteiger partial charge is 0.503 e. The predicted molar refractivity (Wildman–Crippen MR) is 144 cm³/mol. The smallest absolute Gasteiger partial charge is 0.347 e. The number of benzene rings is 2. The van der Waals surface area contributed by atoms with Gasteiger partial charge in [-0.1, -0.05) is 17.7 Å². The Morgan fingerprint density at radius 3 is 2.11 bits per heavy atom. The van der Waals surface area contributed by atoms with Crippen LogP contribution in [0.5, 0.6) is 11.5 Å².